The number of methoxy groups -OCH3 is 1. The molecule has 5 rings (SSSR count). The maximum Gasteiger partial charge on any atom is 0.255 e. The van der Waals surface area contributed by atoms with Gasteiger partial charge in [-0.3, -0.25) is 9.59 Å². The van der Waals surface area contributed by atoms with Crippen LogP contribution in [-0.2, 0) is 11.8 Å². The summed E-state index contributed by atoms with van der Waals surface area (Å²) in [4.78, 5) is 27.4. The SMILES string of the molecule is COc1cccc(-c2c([C@H]3c4ccccc4C(=O)N3[C@@H](C)C(N)=O)c3ccccc3n2C)c1. The lowest BCUT2D eigenvalue weighted by atomic mass is 9.92. The molecule has 1 aromatic heterocycles. The van der Waals surface area contributed by atoms with Gasteiger partial charge in [0.1, 0.15) is 11.8 Å². The first-order valence-electron chi connectivity index (χ1n) is 10.9. The predicted octanol–water partition coefficient (Wildman–Crippen LogP) is 4.27. The number of hydrogen-bond acceptors (Lipinski definition) is 3. The van der Waals surface area contributed by atoms with Crippen molar-refractivity contribution in [1.29, 1.82) is 0 Å². The van der Waals surface area contributed by atoms with Crippen LogP contribution in [0.2, 0.25) is 0 Å². The molecule has 2 atom stereocenters. The number of para-hydroxylation sites is 1. The summed E-state index contributed by atoms with van der Waals surface area (Å²) in [7, 11) is 3.66. The van der Waals surface area contributed by atoms with Gasteiger partial charge in [0.25, 0.3) is 5.91 Å². The fourth-order valence-electron chi connectivity index (χ4n) is 4.99. The van der Waals surface area contributed by atoms with E-state index in [0.717, 1.165) is 39.0 Å². The first-order chi connectivity index (χ1) is 15.9. The normalized spacial score (nSPS) is 16.2. The Labute approximate surface area is 192 Å². The second-order valence-electron chi connectivity index (χ2n) is 8.35. The van der Waals surface area contributed by atoms with E-state index in [4.69, 9.17) is 10.5 Å². The number of ether oxygens (including phenoxy) is 1. The molecular formula is C27H25N3O3. The van der Waals surface area contributed by atoms with Crippen LogP contribution in [0, 0.1) is 0 Å². The number of aromatic nitrogens is 1. The zero-order valence-corrected chi connectivity index (χ0v) is 18.8. The Morgan fingerprint density at radius 3 is 2.52 bits per heavy atom. The van der Waals surface area contributed by atoms with Crippen molar-refractivity contribution < 1.29 is 14.3 Å². The molecule has 0 fully saturated rings. The van der Waals surface area contributed by atoms with Crippen molar-refractivity contribution in [2.45, 2.75) is 19.0 Å². The maximum absolute atomic E-state index is 13.5. The molecule has 4 aromatic rings. The monoisotopic (exact) mass is 439 g/mol. The lowest BCUT2D eigenvalue weighted by Gasteiger charge is -2.30. The second kappa shape index (κ2) is 7.81. The van der Waals surface area contributed by atoms with Crippen LogP contribution in [-0.4, -0.2) is 34.4 Å². The highest BCUT2D eigenvalue weighted by molar-refractivity contribution is 6.04. The van der Waals surface area contributed by atoms with Crippen molar-refractivity contribution in [2.24, 2.45) is 12.8 Å². The van der Waals surface area contributed by atoms with E-state index in [0.29, 0.717) is 5.56 Å². The van der Waals surface area contributed by atoms with E-state index in [1.54, 1.807) is 18.9 Å². The largest absolute Gasteiger partial charge is 0.497 e. The van der Waals surface area contributed by atoms with Crippen molar-refractivity contribution in [3.05, 3.63) is 89.5 Å². The van der Waals surface area contributed by atoms with Crippen LogP contribution < -0.4 is 10.5 Å². The number of benzene rings is 3. The average molecular weight is 440 g/mol. The van der Waals surface area contributed by atoms with Gasteiger partial charge in [-0.1, -0.05) is 48.5 Å². The van der Waals surface area contributed by atoms with Gasteiger partial charge in [-0.25, -0.2) is 0 Å². The van der Waals surface area contributed by atoms with E-state index in [1.165, 1.54) is 0 Å². The van der Waals surface area contributed by atoms with Crippen LogP contribution in [0.25, 0.3) is 22.2 Å². The average Bonchev–Trinajstić information content (AvgIpc) is 3.29. The second-order valence-corrected chi connectivity index (χ2v) is 8.35. The standard InChI is InChI=1S/C27H25N3O3/c1-16(26(28)31)30-25(19-11-4-5-12-20(19)27(30)32)23-21-13-6-7-14-22(21)29(2)24(23)17-9-8-10-18(15-17)33-3/h4-16,25H,1-3H3,(H2,28,31)/t16-,25+/m0/s1. The molecule has 0 bridgehead atoms. The summed E-state index contributed by atoms with van der Waals surface area (Å²) in [6.07, 6.45) is 0. The molecule has 166 valence electrons. The minimum absolute atomic E-state index is 0.188. The highest BCUT2D eigenvalue weighted by Crippen LogP contribution is 2.47. The molecule has 0 aliphatic carbocycles. The lowest BCUT2D eigenvalue weighted by Crippen LogP contribution is -2.45. The van der Waals surface area contributed by atoms with Gasteiger partial charge in [0.2, 0.25) is 5.91 Å². The van der Waals surface area contributed by atoms with Gasteiger partial charge in [0.15, 0.2) is 0 Å². The number of primary amides is 1. The third kappa shape index (κ3) is 3.09. The van der Waals surface area contributed by atoms with E-state index in [1.807, 2.05) is 67.7 Å². The number of rotatable bonds is 5. The van der Waals surface area contributed by atoms with E-state index in [2.05, 4.69) is 16.7 Å². The molecule has 1 aliphatic rings. The molecule has 0 saturated carbocycles. The first kappa shape index (κ1) is 20.8. The van der Waals surface area contributed by atoms with E-state index in [-0.39, 0.29) is 5.91 Å². The third-order valence-electron chi connectivity index (χ3n) is 6.59. The van der Waals surface area contributed by atoms with Gasteiger partial charge in [-0.2, -0.15) is 0 Å². The van der Waals surface area contributed by atoms with Crippen molar-refractivity contribution in [3.8, 4) is 17.0 Å². The fourth-order valence-corrected chi connectivity index (χ4v) is 4.99. The van der Waals surface area contributed by atoms with Crippen LogP contribution in [0.5, 0.6) is 5.75 Å². The number of carbonyl (C=O) groups excluding carboxylic acids is 2. The van der Waals surface area contributed by atoms with Crippen molar-refractivity contribution in [1.82, 2.24) is 9.47 Å². The van der Waals surface area contributed by atoms with Crippen molar-refractivity contribution in [2.75, 3.05) is 7.11 Å². The Bertz CT molecular complexity index is 1410. The maximum atomic E-state index is 13.5. The number of aryl methyl sites for hydroxylation is 1. The van der Waals surface area contributed by atoms with E-state index < -0.39 is 18.0 Å². The number of hydrogen-bond donors (Lipinski definition) is 1. The van der Waals surface area contributed by atoms with Crippen LogP contribution in [0.15, 0.2) is 72.8 Å². The quantitative estimate of drug-likeness (QED) is 0.504. The Hall–Kier alpha value is -4.06. The van der Waals surface area contributed by atoms with Crippen LogP contribution in [0.1, 0.15) is 34.5 Å². The number of nitrogens with two attached hydrogens (primary N) is 1. The molecule has 0 saturated heterocycles. The fraction of sp³-hybridized carbons (Fsp3) is 0.185. The van der Waals surface area contributed by atoms with Gasteiger partial charge < -0.3 is 19.9 Å². The summed E-state index contributed by atoms with van der Waals surface area (Å²) in [5.41, 5.74) is 11.1. The summed E-state index contributed by atoms with van der Waals surface area (Å²) in [6, 6.07) is 22.3. The highest BCUT2D eigenvalue weighted by Gasteiger charge is 2.44. The molecule has 0 unspecified atom stereocenters. The topological polar surface area (TPSA) is 77.6 Å². The minimum atomic E-state index is -0.771. The number of amides is 2. The molecule has 0 spiro atoms. The summed E-state index contributed by atoms with van der Waals surface area (Å²) >= 11 is 0. The Balaban J connectivity index is 1.87. The van der Waals surface area contributed by atoms with Crippen LogP contribution in [0.3, 0.4) is 0 Å². The van der Waals surface area contributed by atoms with E-state index in [9.17, 15) is 9.59 Å². The molecule has 6 nitrogen and oxygen atoms in total. The molecule has 2 N–H and O–H groups in total. The number of nitrogens with zero attached hydrogens (tertiary/aromatic N) is 2. The minimum Gasteiger partial charge on any atom is -0.497 e. The predicted molar refractivity (Wildman–Crippen MR) is 128 cm³/mol. The van der Waals surface area contributed by atoms with Crippen LogP contribution in [0.4, 0.5) is 0 Å². The zero-order chi connectivity index (χ0) is 23.3. The molecule has 3 aromatic carbocycles. The first-order valence-corrected chi connectivity index (χ1v) is 10.9. The zero-order valence-electron chi connectivity index (χ0n) is 18.8. The van der Waals surface area contributed by atoms with Crippen molar-refractivity contribution >= 4 is 22.7 Å². The highest BCUT2D eigenvalue weighted by atomic mass is 16.5. The van der Waals surface area contributed by atoms with Gasteiger partial charge in [0.05, 0.1) is 18.8 Å². The number of carbonyl (C=O) groups is 2. The number of fused-ring (bicyclic) bond motifs is 2. The van der Waals surface area contributed by atoms with Crippen LogP contribution >= 0.6 is 0 Å². The Morgan fingerprint density at radius 1 is 1.03 bits per heavy atom. The molecular weight excluding hydrogens is 414 g/mol. The Morgan fingerprint density at radius 2 is 1.76 bits per heavy atom. The van der Waals surface area contributed by atoms with Gasteiger partial charge in [0, 0.05) is 34.6 Å². The van der Waals surface area contributed by atoms with E-state index >= 15 is 0 Å². The summed E-state index contributed by atoms with van der Waals surface area (Å²) in [5, 5.41) is 1.02. The van der Waals surface area contributed by atoms with Crippen molar-refractivity contribution in [3.63, 3.8) is 0 Å². The molecule has 2 amide bonds. The van der Waals surface area contributed by atoms with Gasteiger partial charge in [-0.05, 0) is 36.8 Å². The summed E-state index contributed by atoms with van der Waals surface area (Å²) in [5.74, 6) is 0.0183. The molecule has 0 radical (unpaired) electrons. The lowest BCUT2D eigenvalue weighted by molar-refractivity contribution is -0.122. The smallest absolute Gasteiger partial charge is 0.255 e. The molecule has 6 heteroatoms. The molecule has 2 heterocycles. The molecule has 1 aliphatic heterocycles. The third-order valence-corrected chi connectivity index (χ3v) is 6.59. The summed E-state index contributed by atoms with van der Waals surface area (Å²) in [6.45, 7) is 1.69. The molecule has 33 heavy (non-hydrogen) atoms. The van der Waals surface area contributed by atoms with Gasteiger partial charge in [-0.15, -0.1) is 0 Å². The summed E-state index contributed by atoms with van der Waals surface area (Å²) < 4.78 is 7.62. The Kier molecular flexibility index (Phi) is 4.93. The van der Waals surface area contributed by atoms with Gasteiger partial charge >= 0.3 is 0 Å².